The second kappa shape index (κ2) is 7.28. The van der Waals surface area contributed by atoms with E-state index in [-0.39, 0.29) is 12.3 Å². The summed E-state index contributed by atoms with van der Waals surface area (Å²) in [7, 11) is 0. The van der Waals surface area contributed by atoms with Gasteiger partial charge in [-0.25, -0.2) is 0 Å². The molecule has 0 fully saturated rings. The Balaban J connectivity index is 2.01. The van der Waals surface area contributed by atoms with E-state index in [1.165, 1.54) is 24.3 Å². The van der Waals surface area contributed by atoms with Crippen LogP contribution < -0.4 is 5.32 Å². The van der Waals surface area contributed by atoms with E-state index in [0.717, 1.165) is 4.88 Å². The van der Waals surface area contributed by atoms with E-state index in [2.05, 4.69) is 5.32 Å². The maximum Gasteiger partial charge on any atom is 0.269 e. The van der Waals surface area contributed by atoms with Crippen LogP contribution in [0, 0.1) is 10.1 Å². The van der Waals surface area contributed by atoms with Crippen molar-refractivity contribution in [3.05, 3.63) is 62.3 Å². The molecule has 7 heteroatoms. The molecule has 112 valence electrons. The Bertz CT molecular complexity index is 571. The first-order chi connectivity index (χ1) is 10.1. The minimum Gasteiger partial charge on any atom is -0.395 e. The molecule has 2 rings (SSSR count). The van der Waals surface area contributed by atoms with Crippen LogP contribution in [0.15, 0.2) is 41.8 Å². The van der Waals surface area contributed by atoms with Gasteiger partial charge in [0.25, 0.3) is 5.69 Å². The maximum atomic E-state index is 10.6. The molecule has 1 heterocycles. The summed E-state index contributed by atoms with van der Waals surface area (Å²) in [6, 6.07) is 9.04. The molecule has 1 aromatic carbocycles. The van der Waals surface area contributed by atoms with Crippen molar-refractivity contribution >= 4 is 17.0 Å². The van der Waals surface area contributed by atoms with E-state index in [4.69, 9.17) is 0 Å². The van der Waals surface area contributed by atoms with Gasteiger partial charge in [0.05, 0.1) is 23.7 Å². The molecule has 21 heavy (non-hydrogen) atoms. The Morgan fingerprint density at radius 3 is 2.52 bits per heavy atom. The zero-order valence-corrected chi connectivity index (χ0v) is 12.0. The molecule has 0 unspecified atom stereocenters. The Morgan fingerprint density at radius 1 is 1.29 bits per heavy atom. The van der Waals surface area contributed by atoms with Crippen LogP contribution in [0.4, 0.5) is 5.69 Å². The summed E-state index contributed by atoms with van der Waals surface area (Å²) >= 11 is 1.59. The molecule has 0 radical (unpaired) electrons. The summed E-state index contributed by atoms with van der Waals surface area (Å²) in [5.41, 5.74) is 0.497. The predicted octanol–water partition coefficient (Wildman–Crippen LogP) is 1.84. The number of thiophene rings is 1. The average molecular weight is 308 g/mol. The Hall–Kier alpha value is -1.80. The molecule has 0 saturated heterocycles. The highest BCUT2D eigenvalue weighted by Crippen LogP contribution is 2.21. The largest absolute Gasteiger partial charge is 0.395 e. The number of hydrogen-bond acceptors (Lipinski definition) is 6. The molecular formula is C14H16N2O4S. The van der Waals surface area contributed by atoms with Gasteiger partial charge < -0.3 is 15.5 Å². The molecule has 0 aliphatic heterocycles. The minimum absolute atomic E-state index is 0.0296. The zero-order valence-electron chi connectivity index (χ0n) is 11.2. The number of hydrogen-bond donors (Lipinski definition) is 3. The fourth-order valence-electron chi connectivity index (χ4n) is 1.95. The highest BCUT2D eigenvalue weighted by molar-refractivity contribution is 7.09. The smallest absolute Gasteiger partial charge is 0.269 e. The van der Waals surface area contributed by atoms with Gasteiger partial charge in [0, 0.05) is 23.6 Å². The molecule has 2 aromatic rings. The van der Waals surface area contributed by atoms with Gasteiger partial charge in [-0.2, -0.15) is 0 Å². The van der Waals surface area contributed by atoms with Crippen LogP contribution in [0.25, 0.3) is 0 Å². The second-order valence-electron chi connectivity index (χ2n) is 4.54. The van der Waals surface area contributed by atoms with Gasteiger partial charge in [0.15, 0.2) is 0 Å². The molecule has 6 nitrogen and oxygen atoms in total. The van der Waals surface area contributed by atoms with Crippen molar-refractivity contribution in [3.63, 3.8) is 0 Å². The standard InChI is InChI=1S/C14H16N2O4S/c17-9-13(15-8-12-2-1-7-21-12)14(18)10-3-5-11(6-4-10)16(19)20/h1-7,13-15,17-18H,8-9H2/t13-,14-/m1/s1. The van der Waals surface area contributed by atoms with Crippen molar-refractivity contribution in [2.75, 3.05) is 6.61 Å². The number of rotatable bonds is 7. The first-order valence-corrected chi connectivity index (χ1v) is 7.29. The van der Waals surface area contributed by atoms with E-state index < -0.39 is 17.1 Å². The van der Waals surface area contributed by atoms with Crippen LogP contribution in [0.3, 0.4) is 0 Å². The summed E-state index contributed by atoms with van der Waals surface area (Å²) in [6.07, 6.45) is -0.934. The summed E-state index contributed by atoms with van der Waals surface area (Å²) in [4.78, 5) is 11.2. The number of aliphatic hydroxyl groups excluding tert-OH is 2. The first kappa shape index (κ1) is 15.6. The lowest BCUT2D eigenvalue weighted by Crippen LogP contribution is -2.37. The van der Waals surface area contributed by atoms with Gasteiger partial charge in [0.1, 0.15) is 0 Å². The van der Waals surface area contributed by atoms with E-state index in [1.807, 2.05) is 17.5 Å². The van der Waals surface area contributed by atoms with Gasteiger partial charge in [-0.05, 0) is 29.1 Å². The number of non-ortho nitro benzene ring substituents is 1. The second-order valence-corrected chi connectivity index (χ2v) is 5.58. The van der Waals surface area contributed by atoms with Crippen LogP contribution in [-0.2, 0) is 6.54 Å². The van der Waals surface area contributed by atoms with Crippen LogP contribution in [-0.4, -0.2) is 27.8 Å². The lowest BCUT2D eigenvalue weighted by molar-refractivity contribution is -0.384. The third-order valence-corrected chi connectivity index (χ3v) is 4.02. The van der Waals surface area contributed by atoms with Crippen LogP contribution in [0.2, 0.25) is 0 Å². The van der Waals surface area contributed by atoms with Crippen LogP contribution in [0.1, 0.15) is 16.5 Å². The summed E-state index contributed by atoms with van der Waals surface area (Å²) in [5, 5.41) is 35.3. The van der Waals surface area contributed by atoms with Gasteiger partial charge in [-0.3, -0.25) is 10.1 Å². The number of nitrogens with zero attached hydrogens (tertiary/aromatic N) is 1. The molecule has 0 spiro atoms. The molecule has 2 atom stereocenters. The number of benzene rings is 1. The fourth-order valence-corrected chi connectivity index (χ4v) is 2.60. The normalized spacial score (nSPS) is 13.8. The topological polar surface area (TPSA) is 95.6 Å². The number of nitro groups is 1. The zero-order chi connectivity index (χ0) is 15.2. The van der Waals surface area contributed by atoms with Gasteiger partial charge in [-0.1, -0.05) is 6.07 Å². The molecule has 0 saturated carbocycles. The monoisotopic (exact) mass is 308 g/mol. The SMILES string of the molecule is O=[N+]([O-])c1ccc([C@@H](O)[C@@H](CO)NCc2cccs2)cc1. The van der Waals surface area contributed by atoms with Gasteiger partial charge in [-0.15, -0.1) is 11.3 Å². The number of nitro benzene ring substituents is 1. The molecular weight excluding hydrogens is 292 g/mol. The predicted molar refractivity (Wildman–Crippen MR) is 80.1 cm³/mol. The maximum absolute atomic E-state index is 10.6. The van der Waals surface area contributed by atoms with Crippen molar-refractivity contribution in [2.24, 2.45) is 0 Å². The minimum atomic E-state index is -0.934. The molecule has 0 aliphatic carbocycles. The summed E-state index contributed by atoms with van der Waals surface area (Å²) < 4.78 is 0. The molecule has 0 amide bonds. The van der Waals surface area contributed by atoms with Crippen LogP contribution in [0.5, 0.6) is 0 Å². The van der Waals surface area contributed by atoms with E-state index in [1.54, 1.807) is 11.3 Å². The lowest BCUT2D eigenvalue weighted by Gasteiger charge is -2.22. The fraction of sp³-hybridized carbons (Fsp3) is 0.286. The summed E-state index contributed by atoms with van der Waals surface area (Å²) in [6.45, 7) is 0.316. The van der Waals surface area contributed by atoms with Crippen molar-refractivity contribution < 1.29 is 15.1 Å². The molecule has 1 aromatic heterocycles. The third-order valence-electron chi connectivity index (χ3n) is 3.14. The Kier molecular flexibility index (Phi) is 5.40. The number of nitrogens with one attached hydrogen (secondary N) is 1. The van der Waals surface area contributed by atoms with E-state index in [9.17, 15) is 20.3 Å². The quantitative estimate of drug-likeness (QED) is 0.536. The molecule has 0 bridgehead atoms. The van der Waals surface area contributed by atoms with E-state index >= 15 is 0 Å². The lowest BCUT2D eigenvalue weighted by atomic mass is 10.0. The van der Waals surface area contributed by atoms with Crippen molar-refractivity contribution in [1.82, 2.24) is 5.32 Å². The van der Waals surface area contributed by atoms with Crippen molar-refractivity contribution in [1.29, 1.82) is 0 Å². The van der Waals surface area contributed by atoms with Gasteiger partial charge in [0.2, 0.25) is 0 Å². The highest BCUT2D eigenvalue weighted by atomic mass is 32.1. The molecule has 0 aliphatic rings. The first-order valence-electron chi connectivity index (χ1n) is 6.41. The Labute approximate surface area is 125 Å². The summed E-state index contributed by atoms with van der Waals surface area (Å²) in [5.74, 6) is 0. The highest BCUT2D eigenvalue weighted by Gasteiger charge is 2.20. The third kappa shape index (κ3) is 4.08. The van der Waals surface area contributed by atoms with E-state index in [0.29, 0.717) is 12.1 Å². The van der Waals surface area contributed by atoms with Gasteiger partial charge >= 0.3 is 0 Å². The Morgan fingerprint density at radius 2 is 2.00 bits per heavy atom. The van der Waals surface area contributed by atoms with Crippen LogP contribution >= 0.6 is 11.3 Å². The number of aliphatic hydroxyl groups is 2. The molecule has 3 N–H and O–H groups in total. The average Bonchev–Trinajstić information content (AvgIpc) is 3.01. The van der Waals surface area contributed by atoms with Crippen molar-refractivity contribution in [2.45, 2.75) is 18.7 Å². The van der Waals surface area contributed by atoms with Crippen molar-refractivity contribution in [3.8, 4) is 0 Å².